The molecule has 2 aromatic carbocycles. The summed E-state index contributed by atoms with van der Waals surface area (Å²) in [6.45, 7) is 3.17. The number of rotatable bonds is 6. The van der Waals surface area contributed by atoms with Gasteiger partial charge in [-0.05, 0) is 31.8 Å². The lowest BCUT2D eigenvalue weighted by atomic mass is 9.98. The Labute approximate surface area is 127 Å². The molecular weight excluding hydrogens is 258 g/mol. The number of para-hydroxylation sites is 1. The first kappa shape index (κ1) is 15.3. The van der Waals surface area contributed by atoms with Gasteiger partial charge in [0.25, 0.3) is 0 Å². The summed E-state index contributed by atoms with van der Waals surface area (Å²) in [6, 6.07) is 20.4. The fourth-order valence-corrected chi connectivity index (χ4v) is 2.34. The quantitative estimate of drug-likeness (QED) is 0.646. The molecule has 1 unspecified atom stereocenters. The molecule has 21 heavy (non-hydrogen) atoms. The van der Waals surface area contributed by atoms with Crippen LogP contribution in [0.3, 0.4) is 0 Å². The van der Waals surface area contributed by atoms with Crippen LogP contribution < -0.4 is 5.43 Å². The molecule has 2 aromatic rings. The molecule has 0 radical (unpaired) electrons. The number of hydrazone groups is 1. The van der Waals surface area contributed by atoms with E-state index in [1.54, 1.807) is 0 Å². The van der Waals surface area contributed by atoms with Crippen molar-refractivity contribution in [1.29, 1.82) is 0 Å². The molecule has 0 aliphatic rings. The highest BCUT2D eigenvalue weighted by atomic mass is 15.3. The first-order valence-corrected chi connectivity index (χ1v) is 7.25. The standard InChI is InChI=1S/C18H23N3/c1-15(14-21(2)3)18(16-10-6-4-7-11-16)20-19-17-12-8-5-9-13-17/h4-13,15,19H,14H2,1-3H3/b20-18+. The van der Waals surface area contributed by atoms with Gasteiger partial charge in [0.15, 0.2) is 0 Å². The third kappa shape index (κ3) is 4.72. The molecule has 110 valence electrons. The van der Waals surface area contributed by atoms with Crippen molar-refractivity contribution in [2.75, 3.05) is 26.1 Å². The third-order valence-electron chi connectivity index (χ3n) is 3.25. The van der Waals surface area contributed by atoms with E-state index in [2.05, 4.69) is 60.7 Å². The van der Waals surface area contributed by atoms with Gasteiger partial charge in [-0.25, -0.2) is 0 Å². The van der Waals surface area contributed by atoms with Crippen molar-refractivity contribution in [2.24, 2.45) is 11.0 Å². The highest BCUT2D eigenvalue weighted by Crippen LogP contribution is 2.13. The SMILES string of the molecule is CC(CN(C)C)/C(=N\Nc1ccccc1)c1ccccc1. The fraction of sp³-hybridized carbons (Fsp3) is 0.278. The van der Waals surface area contributed by atoms with Gasteiger partial charge in [-0.3, -0.25) is 5.43 Å². The van der Waals surface area contributed by atoms with Gasteiger partial charge < -0.3 is 4.90 Å². The van der Waals surface area contributed by atoms with Crippen LogP contribution in [-0.4, -0.2) is 31.3 Å². The molecule has 3 nitrogen and oxygen atoms in total. The number of anilines is 1. The minimum atomic E-state index is 0.346. The molecule has 0 amide bonds. The van der Waals surface area contributed by atoms with E-state index < -0.39 is 0 Å². The molecule has 3 heteroatoms. The minimum absolute atomic E-state index is 0.346. The zero-order valence-electron chi connectivity index (χ0n) is 13.0. The monoisotopic (exact) mass is 281 g/mol. The van der Waals surface area contributed by atoms with Crippen LogP contribution in [0, 0.1) is 5.92 Å². The van der Waals surface area contributed by atoms with Crippen LogP contribution in [0.1, 0.15) is 12.5 Å². The molecule has 0 heterocycles. The molecule has 0 aliphatic heterocycles. The van der Waals surface area contributed by atoms with Crippen molar-refractivity contribution in [1.82, 2.24) is 4.90 Å². The first-order valence-electron chi connectivity index (χ1n) is 7.25. The van der Waals surface area contributed by atoms with Crippen molar-refractivity contribution >= 4 is 11.4 Å². The number of hydrogen-bond donors (Lipinski definition) is 1. The van der Waals surface area contributed by atoms with E-state index in [4.69, 9.17) is 0 Å². The Morgan fingerprint density at radius 3 is 2.14 bits per heavy atom. The highest BCUT2D eigenvalue weighted by Gasteiger charge is 2.14. The normalized spacial score (nSPS) is 13.2. The van der Waals surface area contributed by atoms with Crippen LogP contribution in [0.2, 0.25) is 0 Å². The van der Waals surface area contributed by atoms with E-state index in [1.807, 2.05) is 36.4 Å². The average molecular weight is 281 g/mol. The average Bonchev–Trinajstić information content (AvgIpc) is 2.49. The van der Waals surface area contributed by atoms with Gasteiger partial charge in [0, 0.05) is 12.5 Å². The maximum absolute atomic E-state index is 4.66. The van der Waals surface area contributed by atoms with E-state index >= 15 is 0 Å². The smallest absolute Gasteiger partial charge is 0.0720 e. The number of benzene rings is 2. The Hall–Kier alpha value is -2.13. The number of nitrogens with zero attached hydrogens (tertiary/aromatic N) is 2. The van der Waals surface area contributed by atoms with Crippen molar-refractivity contribution in [3.8, 4) is 0 Å². The second-order valence-electron chi connectivity index (χ2n) is 5.50. The largest absolute Gasteiger partial charge is 0.309 e. The van der Waals surface area contributed by atoms with Crippen LogP contribution in [0.25, 0.3) is 0 Å². The van der Waals surface area contributed by atoms with Gasteiger partial charge in [0.1, 0.15) is 0 Å². The summed E-state index contributed by atoms with van der Waals surface area (Å²) in [7, 11) is 4.17. The molecule has 0 bridgehead atoms. The molecule has 0 spiro atoms. The lowest BCUT2D eigenvalue weighted by molar-refractivity contribution is 0.380. The first-order chi connectivity index (χ1) is 10.2. The van der Waals surface area contributed by atoms with Crippen molar-refractivity contribution in [3.63, 3.8) is 0 Å². The van der Waals surface area contributed by atoms with Gasteiger partial charge in [-0.15, -0.1) is 0 Å². The molecule has 0 aromatic heterocycles. The summed E-state index contributed by atoms with van der Waals surface area (Å²) in [5.74, 6) is 0.346. The molecule has 1 N–H and O–H groups in total. The van der Waals surface area contributed by atoms with Gasteiger partial charge in [-0.1, -0.05) is 55.5 Å². The molecular formula is C18H23N3. The predicted octanol–water partition coefficient (Wildman–Crippen LogP) is 3.70. The van der Waals surface area contributed by atoms with E-state index in [0.717, 1.165) is 23.5 Å². The Balaban J connectivity index is 2.23. The molecule has 0 fully saturated rings. The summed E-state index contributed by atoms with van der Waals surface area (Å²) in [5.41, 5.74) is 6.41. The van der Waals surface area contributed by atoms with Gasteiger partial charge in [0.05, 0.1) is 11.4 Å². The third-order valence-corrected chi connectivity index (χ3v) is 3.25. The van der Waals surface area contributed by atoms with E-state index in [-0.39, 0.29) is 0 Å². The van der Waals surface area contributed by atoms with Crippen LogP contribution in [0.5, 0.6) is 0 Å². The van der Waals surface area contributed by atoms with E-state index in [9.17, 15) is 0 Å². The zero-order valence-corrected chi connectivity index (χ0v) is 13.0. The Kier molecular flexibility index (Phi) is 5.52. The Morgan fingerprint density at radius 1 is 1.00 bits per heavy atom. The van der Waals surface area contributed by atoms with Gasteiger partial charge in [-0.2, -0.15) is 5.10 Å². The molecule has 1 atom stereocenters. The predicted molar refractivity (Wildman–Crippen MR) is 90.8 cm³/mol. The molecule has 0 aliphatic carbocycles. The summed E-state index contributed by atoms with van der Waals surface area (Å²) in [6.07, 6.45) is 0. The maximum atomic E-state index is 4.66. The molecule has 0 saturated carbocycles. The summed E-state index contributed by atoms with van der Waals surface area (Å²) < 4.78 is 0. The highest BCUT2D eigenvalue weighted by molar-refractivity contribution is 6.02. The summed E-state index contributed by atoms with van der Waals surface area (Å²) >= 11 is 0. The second kappa shape index (κ2) is 7.60. The van der Waals surface area contributed by atoms with Crippen LogP contribution in [0.4, 0.5) is 5.69 Å². The van der Waals surface area contributed by atoms with Crippen molar-refractivity contribution < 1.29 is 0 Å². The number of hydrogen-bond acceptors (Lipinski definition) is 3. The van der Waals surface area contributed by atoms with Crippen LogP contribution in [-0.2, 0) is 0 Å². The van der Waals surface area contributed by atoms with E-state index in [1.165, 1.54) is 0 Å². The minimum Gasteiger partial charge on any atom is -0.309 e. The Bertz CT molecular complexity index is 562. The fourth-order valence-electron chi connectivity index (χ4n) is 2.34. The van der Waals surface area contributed by atoms with Crippen molar-refractivity contribution in [3.05, 3.63) is 66.2 Å². The van der Waals surface area contributed by atoms with E-state index in [0.29, 0.717) is 5.92 Å². The van der Waals surface area contributed by atoms with Gasteiger partial charge in [0.2, 0.25) is 0 Å². The van der Waals surface area contributed by atoms with Crippen LogP contribution in [0.15, 0.2) is 65.8 Å². The molecule has 2 rings (SSSR count). The maximum Gasteiger partial charge on any atom is 0.0720 e. The summed E-state index contributed by atoms with van der Waals surface area (Å²) in [5, 5.41) is 4.66. The molecule has 0 saturated heterocycles. The zero-order chi connectivity index (χ0) is 15.1. The van der Waals surface area contributed by atoms with Crippen LogP contribution >= 0.6 is 0 Å². The van der Waals surface area contributed by atoms with Crippen molar-refractivity contribution in [2.45, 2.75) is 6.92 Å². The topological polar surface area (TPSA) is 27.6 Å². The number of nitrogens with one attached hydrogen (secondary N) is 1. The Morgan fingerprint density at radius 2 is 1.57 bits per heavy atom. The lowest BCUT2D eigenvalue weighted by Crippen LogP contribution is -2.27. The lowest BCUT2D eigenvalue weighted by Gasteiger charge is -2.19. The van der Waals surface area contributed by atoms with Gasteiger partial charge >= 0.3 is 0 Å². The second-order valence-corrected chi connectivity index (χ2v) is 5.50. The summed E-state index contributed by atoms with van der Waals surface area (Å²) in [4.78, 5) is 2.19.